The molecular formula is C14H23N3O2S. The molecule has 0 spiro atoms. The number of nitrogens with two attached hydrogens (primary N) is 1. The average molecular weight is 297 g/mol. The quantitative estimate of drug-likeness (QED) is 0.878. The Morgan fingerprint density at radius 3 is 2.40 bits per heavy atom. The number of hydrogen-bond donors (Lipinski definition) is 2. The molecule has 20 heavy (non-hydrogen) atoms. The van der Waals surface area contributed by atoms with Gasteiger partial charge in [0, 0.05) is 19.1 Å². The van der Waals surface area contributed by atoms with Crippen molar-refractivity contribution in [1.82, 2.24) is 4.72 Å². The first-order valence-electron chi connectivity index (χ1n) is 6.96. The summed E-state index contributed by atoms with van der Waals surface area (Å²) >= 11 is 0. The summed E-state index contributed by atoms with van der Waals surface area (Å²) < 4.78 is 26.6. The van der Waals surface area contributed by atoms with Gasteiger partial charge in [0.25, 0.3) is 0 Å². The molecule has 0 saturated heterocycles. The molecule has 0 aromatic heterocycles. The van der Waals surface area contributed by atoms with Crippen molar-refractivity contribution in [2.45, 2.75) is 42.7 Å². The molecule has 0 heterocycles. The van der Waals surface area contributed by atoms with Crippen LogP contribution in [0.2, 0.25) is 0 Å². The highest BCUT2D eigenvalue weighted by atomic mass is 32.2. The summed E-state index contributed by atoms with van der Waals surface area (Å²) in [4.78, 5) is 2.41. The van der Waals surface area contributed by atoms with E-state index in [0.717, 1.165) is 31.4 Å². The van der Waals surface area contributed by atoms with Gasteiger partial charge in [-0.15, -0.1) is 0 Å². The molecular weight excluding hydrogens is 274 g/mol. The van der Waals surface area contributed by atoms with Crippen LogP contribution >= 0.6 is 0 Å². The lowest BCUT2D eigenvalue weighted by Crippen LogP contribution is -2.39. The Labute approximate surface area is 121 Å². The molecule has 1 fully saturated rings. The summed E-state index contributed by atoms with van der Waals surface area (Å²) in [6, 6.07) is 7.76. The minimum atomic E-state index is -3.44. The lowest BCUT2D eigenvalue weighted by atomic mass is 9.91. The Morgan fingerprint density at radius 1 is 1.20 bits per heavy atom. The van der Waals surface area contributed by atoms with Crippen LogP contribution in [0.3, 0.4) is 0 Å². The number of nitrogens with zero attached hydrogens (tertiary/aromatic N) is 1. The number of hydrogen-bond acceptors (Lipinski definition) is 4. The van der Waals surface area contributed by atoms with Crippen LogP contribution in [0.25, 0.3) is 0 Å². The van der Waals surface area contributed by atoms with Crippen molar-refractivity contribution in [2.24, 2.45) is 5.73 Å². The first kappa shape index (κ1) is 15.3. The molecule has 0 unspecified atom stereocenters. The van der Waals surface area contributed by atoms with Crippen LogP contribution in [0.4, 0.5) is 5.69 Å². The molecule has 0 bridgehead atoms. The predicted octanol–water partition coefficient (Wildman–Crippen LogP) is 1.30. The third kappa shape index (κ3) is 3.13. The van der Waals surface area contributed by atoms with Crippen LogP contribution < -0.4 is 15.4 Å². The van der Waals surface area contributed by atoms with Crippen molar-refractivity contribution < 1.29 is 8.42 Å². The molecule has 1 aromatic rings. The molecule has 0 amide bonds. The molecule has 1 saturated carbocycles. The van der Waals surface area contributed by atoms with Gasteiger partial charge in [-0.05, 0) is 44.9 Å². The lowest BCUT2D eigenvalue weighted by molar-refractivity contribution is 0.384. The van der Waals surface area contributed by atoms with E-state index in [4.69, 9.17) is 5.73 Å². The first-order chi connectivity index (χ1) is 9.45. The van der Waals surface area contributed by atoms with E-state index >= 15 is 0 Å². The molecule has 0 radical (unpaired) electrons. The topological polar surface area (TPSA) is 75.4 Å². The van der Waals surface area contributed by atoms with Gasteiger partial charge < -0.3 is 10.6 Å². The van der Waals surface area contributed by atoms with Gasteiger partial charge in [0.2, 0.25) is 10.0 Å². The number of benzene rings is 1. The maximum Gasteiger partial charge on any atom is 0.242 e. The zero-order chi connectivity index (χ0) is 14.8. The standard InChI is InChI=1S/C14H23N3O2S/c1-16-20(18,19)14-6-4-3-5-13(14)17(2)12-9-7-11(15)8-10-12/h3-6,11-12,16H,7-10,15H2,1-2H3. The van der Waals surface area contributed by atoms with Crippen LogP contribution in [0.1, 0.15) is 25.7 Å². The Bertz CT molecular complexity index is 551. The molecule has 3 N–H and O–H groups in total. The molecule has 1 aliphatic rings. The fourth-order valence-corrected chi connectivity index (χ4v) is 3.74. The molecule has 112 valence electrons. The van der Waals surface area contributed by atoms with Crippen LogP contribution in [-0.4, -0.2) is 34.6 Å². The highest BCUT2D eigenvalue weighted by molar-refractivity contribution is 7.89. The van der Waals surface area contributed by atoms with Gasteiger partial charge in [-0.1, -0.05) is 12.1 Å². The highest BCUT2D eigenvalue weighted by Crippen LogP contribution is 2.30. The van der Waals surface area contributed by atoms with E-state index in [1.54, 1.807) is 12.1 Å². The van der Waals surface area contributed by atoms with E-state index < -0.39 is 10.0 Å². The van der Waals surface area contributed by atoms with Crippen LogP contribution in [-0.2, 0) is 10.0 Å². The van der Waals surface area contributed by atoms with Gasteiger partial charge in [0.05, 0.1) is 5.69 Å². The SMILES string of the molecule is CNS(=O)(=O)c1ccccc1N(C)C1CCC(N)CC1. The third-order valence-electron chi connectivity index (χ3n) is 4.09. The van der Waals surface area contributed by atoms with Crippen LogP contribution in [0.5, 0.6) is 0 Å². The number of sulfonamides is 1. The molecule has 6 heteroatoms. The summed E-state index contributed by atoms with van der Waals surface area (Å²) in [5.74, 6) is 0. The Morgan fingerprint density at radius 2 is 1.80 bits per heavy atom. The first-order valence-corrected chi connectivity index (χ1v) is 8.45. The second kappa shape index (κ2) is 6.11. The van der Waals surface area contributed by atoms with Gasteiger partial charge in [-0.25, -0.2) is 13.1 Å². The Balaban J connectivity index is 2.29. The number of para-hydroxylation sites is 1. The zero-order valence-electron chi connectivity index (χ0n) is 12.0. The average Bonchev–Trinajstić information content (AvgIpc) is 2.47. The summed E-state index contributed by atoms with van der Waals surface area (Å²) in [5, 5.41) is 0. The predicted molar refractivity (Wildman–Crippen MR) is 81.3 cm³/mol. The fraction of sp³-hybridized carbons (Fsp3) is 0.571. The van der Waals surface area contributed by atoms with Gasteiger partial charge in [-0.2, -0.15) is 0 Å². The number of anilines is 1. The van der Waals surface area contributed by atoms with E-state index in [1.165, 1.54) is 7.05 Å². The van der Waals surface area contributed by atoms with Crippen molar-refractivity contribution in [3.05, 3.63) is 24.3 Å². The zero-order valence-corrected chi connectivity index (χ0v) is 12.9. The van der Waals surface area contributed by atoms with Crippen molar-refractivity contribution in [1.29, 1.82) is 0 Å². The van der Waals surface area contributed by atoms with E-state index in [2.05, 4.69) is 9.62 Å². The monoisotopic (exact) mass is 297 g/mol. The van der Waals surface area contributed by atoms with Crippen molar-refractivity contribution in [2.75, 3.05) is 19.0 Å². The fourth-order valence-electron chi connectivity index (χ4n) is 2.77. The van der Waals surface area contributed by atoms with Crippen molar-refractivity contribution in [3.63, 3.8) is 0 Å². The summed E-state index contributed by atoms with van der Waals surface area (Å²) in [6.45, 7) is 0. The Kier molecular flexibility index (Phi) is 4.67. The van der Waals surface area contributed by atoms with E-state index in [0.29, 0.717) is 10.9 Å². The minimum absolute atomic E-state index is 0.288. The molecule has 1 aromatic carbocycles. The van der Waals surface area contributed by atoms with Gasteiger partial charge in [-0.3, -0.25) is 0 Å². The van der Waals surface area contributed by atoms with Gasteiger partial charge in [0.15, 0.2) is 0 Å². The van der Waals surface area contributed by atoms with Gasteiger partial charge in [0.1, 0.15) is 4.90 Å². The van der Waals surface area contributed by atoms with Crippen LogP contribution in [0, 0.1) is 0 Å². The largest absolute Gasteiger partial charge is 0.371 e. The second-order valence-electron chi connectivity index (χ2n) is 5.35. The van der Waals surface area contributed by atoms with E-state index in [-0.39, 0.29) is 6.04 Å². The van der Waals surface area contributed by atoms with E-state index in [9.17, 15) is 8.42 Å². The molecule has 0 atom stereocenters. The molecule has 2 rings (SSSR count). The summed E-state index contributed by atoms with van der Waals surface area (Å²) in [5.41, 5.74) is 6.68. The normalized spacial score (nSPS) is 23.6. The molecule has 1 aliphatic carbocycles. The minimum Gasteiger partial charge on any atom is -0.371 e. The number of nitrogens with one attached hydrogen (secondary N) is 1. The maximum absolute atomic E-state index is 12.1. The van der Waals surface area contributed by atoms with E-state index in [1.807, 2.05) is 19.2 Å². The van der Waals surface area contributed by atoms with Gasteiger partial charge >= 0.3 is 0 Å². The maximum atomic E-state index is 12.1. The lowest BCUT2D eigenvalue weighted by Gasteiger charge is -2.35. The van der Waals surface area contributed by atoms with Crippen molar-refractivity contribution >= 4 is 15.7 Å². The third-order valence-corrected chi connectivity index (χ3v) is 5.55. The summed E-state index contributed by atoms with van der Waals surface area (Å²) in [6.07, 6.45) is 4.00. The highest BCUT2D eigenvalue weighted by Gasteiger charge is 2.26. The second-order valence-corrected chi connectivity index (χ2v) is 7.21. The smallest absolute Gasteiger partial charge is 0.242 e. The molecule has 5 nitrogen and oxygen atoms in total. The molecule has 0 aliphatic heterocycles. The van der Waals surface area contributed by atoms with Crippen LogP contribution in [0.15, 0.2) is 29.2 Å². The Hall–Kier alpha value is -1.11. The number of rotatable bonds is 4. The summed E-state index contributed by atoms with van der Waals surface area (Å²) in [7, 11) is -0.0396. The van der Waals surface area contributed by atoms with Crippen molar-refractivity contribution in [3.8, 4) is 0 Å².